The van der Waals surface area contributed by atoms with Gasteiger partial charge in [-0.25, -0.2) is 4.98 Å². The molecule has 3 rings (SSSR count). The van der Waals surface area contributed by atoms with Crippen molar-refractivity contribution in [1.82, 2.24) is 24.9 Å². The van der Waals surface area contributed by atoms with Crippen LogP contribution in [0.4, 0.5) is 11.9 Å². The minimum absolute atomic E-state index is 0.230. The van der Waals surface area contributed by atoms with E-state index in [0.29, 0.717) is 17.5 Å². The third kappa shape index (κ3) is 3.05. The summed E-state index contributed by atoms with van der Waals surface area (Å²) in [5.74, 6) is 2.00. The molecule has 0 saturated heterocycles. The minimum atomic E-state index is 0.230. The zero-order valence-corrected chi connectivity index (χ0v) is 12.6. The van der Waals surface area contributed by atoms with Crippen LogP contribution in [0.5, 0.6) is 0 Å². The lowest BCUT2D eigenvalue weighted by Gasteiger charge is -2.10. The van der Waals surface area contributed by atoms with E-state index in [9.17, 15) is 0 Å². The molecule has 3 aromatic rings. The summed E-state index contributed by atoms with van der Waals surface area (Å²) < 4.78 is 0. The third-order valence-corrected chi connectivity index (χ3v) is 3.66. The zero-order chi connectivity index (χ0) is 14.8. The summed E-state index contributed by atoms with van der Waals surface area (Å²) in [5, 5.41) is 0.835. The predicted molar refractivity (Wildman–Crippen MR) is 84.2 cm³/mol. The molecule has 0 atom stereocenters. The fourth-order valence-corrected chi connectivity index (χ4v) is 2.56. The quantitative estimate of drug-likeness (QED) is 0.708. The highest BCUT2D eigenvalue weighted by molar-refractivity contribution is 7.98. The van der Waals surface area contributed by atoms with Crippen LogP contribution in [0.2, 0.25) is 0 Å². The number of nitrogens with one attached hydrogen (secondary N) is 1. The number of H-pyrrole nitrogens is 1. The summed E-state index contributed by atoms with van der Waals surface area (Å²) >= 11 is 1.53. The van der Waals surface area contributed by atoms with Crippen molar-refractivity contribution < 1.29 is 0 Å². The van der Waals surface area contributed by atoms with Gasteiger partial charge in [0.1, 0.15) is 5.82 Å². The normalized spacial score (nSPS) is 11.0. The molecule has 2 aromatic heterocycles. The van der Waals surface area contributed by atoms with Gasteiger partial charge in [-0.05, 0) is 12.1 Å². The fourth-order valence-electron chi connectivity index (χ4n) is 1.82. The van der Waals surface area contributed by atoms with E-state index in [-0.39, 0.29) is 5.95 Å². The van der Waals surface area contributed by atoms with Crippen molar-refractivity contribution in [2.24, 2.45) is 0 Å². The number of nitrogens with zero attached hydrogens (tertiary/aromatic N) is 5. The molecular weight excluding hydrogens is 286 g/mol. The number of aromatic nitrogens is 5. The molecule has 0 bridgehead atoms. The van der Waals surface area contributed by atoms with Gasteiger partial charge in [0.25, 0.3) is 0 Å². The summed E-state index contributed by atoms with van der Waals surface area (Å²) in [6.07, 6.45) is 0. The first-order chi connectivity index (χ1) is 10.1. The molecule has 108 valence electrons. The monoisotopic (exact) mass is 301 g/mol. The number of benzene rings is 1. The number of imidazole rings is 1. The van der Waals surface area contributed by atoms with Crippen molar-refractivity contribution in [1.29, 1.82) is 0 Å². The van der Waals surface area contributed by atoms with Crippen molar-refractivity contribution in [2.75, 3.05) is 24.7 Å². The topological polar surface area (TPSA) is 96.6 Å². The summed E-state index contributed by atoms with van der Waals surface area (Å²) in [7, 11) is 3.73. The molecule has 2 heterocycles. The first-order valence-electron chi connectivity index (χ1n) is 6.37. The molecule has 0 aliphatic carbocycles. The number of thioether (sulfide) groups is 1. The van der Waals surface area contributed by atoms with Crippen LogP contribution in [0.1, 0.15) is 5.82 Å². The standard InChI is InChI=1S/C13H15N7S/c1-20(2)12-18-10(17-11(14)19-12)7-21-13-15-8-5-3-4-6-9(8)16-13/h3-6H,7H2,1-2H3,(H,15,16)(H2,14,17,18,19). The molecule has 21 heavy (non-hydrogen) atoms. The molecule has 3 N–H and O–H groups in total. The number of nitrogen functional groups attached to an aromatic ring is 1. The number of nitrogens with two attached hydrogens (primary N) is 1. The van der Waals surface area contributed by atoms with E-state index in [1.54, 1.807) is 4.90 Å². The SMILES string of the molecule is CN(C)c1nc(N)nc(CSc2nc3ccccc3[nH]2)n1. The molecule has 0 unspecified atom stereocenters. The van der Waals surface area contributed by atoms with E-state index in [1.165, 1.54) is 11.8 Å². The zero-order valence-electron chi connectivity index (χ0n) is 11.7. The molecule has 0 aliphatic rings. The summed E-state index contributed by atoms with van der Waals surface area (Å²) in [6, 6.07) is 7.91. The first kappa shape index (κ1) is 13.6. The van der Waals surface area contributed by atoms with Gasteiger partial charge in [-0.3, -0.25) is 0 Å². The van der Waals surface area contributed by atoms with Crippen LogP contribution >= 0.6 is 11.8 Å². The number of rotatable bonds is 4. The van der Waals surface area contributed by atoms with Gasteiger partial charge in [-0.1, -0.05) is 23.9 Å². The molecule has 8 heteroatoms. The second-order valence-electron chi connectivity index (χ2n) is 4.65. The molecule has 0 saturated carbocycles. The molecule has 0 fully saturated rings. The van der Waals surface area contributed by atoms with Crippen molar-refractivity contribution >= 4 is 34.7 Å². The van der Waals surface area contributed by atoms with Crippen LogP contribution in [-0.4, -0.2) is 39.0 Å². The maximum Gasteiger partial charge on any atom is 0.229 e. The Bertz CT molecular complexity index is 735. The van der Waals surface area contributed by atoms with Crippen molar-refractivity contribution in [2.45, 2.75) is 10.9 Å². The maximum atomic E-state index is 5.71. The minimum Gasteiger partial charge on any atom is -0.368 e. The summed E-state index contributed by atoms with van der Waals surface area (Å²) in [4.78, 5) is 22.1. The van der Waals surface area contributed by atoms with E-state index < -0.39 is 0 Å². The molecule has 0 radical (unpaired) electrons. The van der Waals surface area contributed by atoms with E-state index in [4.69, 9.17) is 5.73 Å². The lowest BCUT2D eigenvalue weighted by atomic mass is 10.3. The molecular formula is C13H15N7S. The van der Waals surface area contributed by atoms with Crippen LogP contribution < -0.4 is 10.6 Å². The Morgan fingerprint density at radius 2 is 1.95 bits per heavy atom. The predicted octanol–water partition coefficient (Wildman–Crippen LogP) is 1.69. The fraction of sp³-hybridized carbons (Fsp3) is 0.231. The van der Waals surface area contributed by atoms with Gasteiger partial charge >= 0.3 is 0 Å². The number of hydrogen-bond acceptors (Lipinski definition) is 7. The second-order valence-corrected chi connectivity index (χ2v) is 5.62. The lowest BCUT2D eigenvalue weighted by Crippen LogP contribution is -2.15. The Kier molecular flexibility index (Phi) is 3.61. The highest BCUT2D eigenvalue weighted by Crippen LogP contribution is 2.22. The van der Waals surface area contributed by atoms with E-state index >= 15 is 0 Å². The molecule has 7 nitrogen and oxygen atoms in total. The van der Waals surface area contributed by atoms with E-state index in [0.717, 1.165) is 16.2 Å². The van der Waals surface area contributed by atoms with Crippen molar-refractivity contribution in [3.8, 4) is 0 Å². The Hall–Kier alpha value is -2.35. The van der Waals surface area contributed by atoms with Crippen LogP contribution in [0, 0.1) is 0 Å². The van der Waals surface area contributed by atoms with Crippen LogP contribution in [0.3, 0.4) is 0 Å². The molecule has 1 aromatic carbocycles. The third-order valence-electron chi connectivity index (χ3n) is 2.79. The van der Waals surface area contributed by atoms with Gasteiger partial charge in [0.2, 0.25) is 11.9 Å². The van der Waals surface area contributed by atoms with Gasteiger partial charge in [-0.15, -0.1) is 0 Å². The molecule has 0 aliphatic heterocycles. The smallest absolute Gasteiger partial charge is 0.229 e. The van der Waals surface area contributed by atoms with Crippen LogP contribution in [-0.2, 0) is 5.75 Å². The number of para-hydroxylation sites is 2. The Morgan fingerprint density at radius 1 is 1.14 bits per heavy atom. The Morgan fingerprint density at radius 3 is 2.71 bits per heavy atom. The average molecular weight is 301 g/mol. The lowest BCUT2D eigenvalue weighted by molar-refractivity contribution is 0.917. The largest absolute Gasteiger partial charge is 0.368 e. The summed E-state index contributed by atoms with van der Waals surface area (Å²) in [6.45, 7) is 0. The van der Waals surface area contributed by atoms with E-state index in [2.05, 4.69) is 24.9 Å². The Balaban J connectivity index is 1.78. The molecule has 0 spiro atoms. The van der Waals surface area contributed by atoms with Gasteiger partial charge < -0.3 is 15.6 Å². The first-order valence-corrected chi connectivity index (χ1v) is 7.35. The number of hydrogen-bond donors (Lipinski definition) is 2. The maximum absolute atomic E-state index is 5.71. The van der Waals surface area contributed by atoms with Gasteiger partial charge in [-0.2, -0.15) is 15.0 Å². The van der Waals surface area contributed by atoms with Gasteiger partial charge in [0.15, 0.2) is 5.16 Å². The van der Waals surface area contributed by atoms with Crippen molar-refractivity contribution in [3.63, 3.8) is 0 Å². The van der Waals surface area contributed by atoms with Crippen molar-refractivity contribution in [3.05, 3.63) is 30.1 Å². The summed E-state index contributed by atoms with van der Waals surface area (Å²) in [5.41, 5.74) is 7.67. The highest BCUT2D eigenvalue weighted by atomic mass is 32.2. The van der Waals surface area contributed by atoms with Crippen LogP contribution in [0.25, 0.3) is 11.0 Å². The number of aromatic amines is 1. The number of fused-ring (bicyclic) bond motifs is 1. The van der Waals surface area contributed by atoms with E-state index in [1.807, 2.05) is 38.4 Å². The van der Waals surface area contributed by atoms with Gasteiger partial charge in [0, 0.05) is 14.1 Å². The molecule has 0 amide bonds. The average Bonchev–Trinajstić information content (AvgIpc) is 2.87. The van der Waals surface area contributed by atoms with Crippen LogP contribution in [0.15, 0.2) is 29.4 Å². The Labute approximate surface area is 126 Å². The second kappa shape index (κ2) is 5.57. The number of anilines is 2. The highest BCUT2D eigenvalue weighted by Gasteiger charge is 2.08. The van der Waals surface area contributed by atoms with Gasteiger partial charge in [0.05, 0.1) is 16.8 Å².